The van der Waals surface area contributed by atoms with Crippen LogP contribution < -0.4 is 26.2 Å². The first-order valence-corrected chi connectivity index (χ1v) is 19.9. The summed E-state index contributed by atoms with van der Waals surface area (Å²) in [7, 11) is 0. The third-order valence-electron chi connectivity index (χ3n) is 11.8. The van der Waals surface area contributed by atoms with Crippen molar-refractivity contribution in [3.05, 3.63) is 192 Å². The molecular formula is C52H38BN5Pt. The van der Waals surface area contributed by atoms with Gasteiger partial charge in [-0.1, -0.05) is 84.4 Å². The summed E-state index contributed by atoms with van der Waals surface area (Å²) in [6.07, 6.45) is 1.95. The van der Waals surface area contributed by atoms with Crippen molar-refractivity contribution in [3.8, 4) is 28.3 Å². The number of aryl methyl sites for hydroxylation is 4. The molecule has 2 aromatic heterocycles. The average molecular weight is 939 g/mol. The zero-order valence-corrected chi connectivity index (χ0v) is 35.4. The van der Waals surface area contributed by atoms with Crippen LogP contribution in [0.1, 0.15) is 22.3 Å². The molecule has 0 unspecified atom stereocenters. The second kappa shape index (κ2) is 14.4. The summed E-state index contributed by atoms with van der Waals surface area (Å²) in [6.45, 7) is 8.42. The van der Waals surface area contributed by atoms with Gasteiger partial charge in [0, 0.05) is 34.6 Å². The van der Waals surface area contributed by atoms with E-state index in [2.05, 4.69) is 206 Å². The number of rotatable bonds is 5. The van der Waals surface area contributed by atoms with E-state index in [-0.39, 0.29) is 27.8 Å². The molecule has 5 nitrogen and oxygen atoms in total. The standard InChI is InChI=1S/C52H38BN5.Pt/c1-33-29-36(4)50(54-32-33)37-25-27-44-41(30-37)53-42-31-38(52-55-43-21-11-12-22-46(43)58(52)51-34(2)15-13-16-35(51)3)26-28-45(42)57(40-19-9-6-10-20-40)48-24-14-23-47(49(48)53)56(44)39-17-7-5-8-18-39;/h5-29,32H,1-4H3;/q-2;+2. The molecule has 4 heterocycles. The van der Waals surface area contributed by atoms with Gasteiger partial charge in [-0.3, -0.25) is 4.98 Å². The Morgan fingerprint density at radius 1 is 0.525 bits per heavy atom. The Labute approximate surface area is 360 Å². The molecular weight excluding hydrogens is 900 g/mol. The number of nitrogens with zero attached hydrogens (tertiary/aromatic N) is 5. The maximum absolute atomic E-state index is 5.35. The van der Waals surface area contributed by atoms with E-state index in [0.29, 0.717) is 0 Å². The second-order valence-electron chi connectivity index (χ2n) is 15.5. The van der Waals surface area contributed by atoms with Crippen molar-refractivity contribution in [1.29, 1.82) is 0 Å². The quantitative estimate of drug-likeness (QED) is 0.127. The molecule has 9 aromatic rings. The fraction of sp³-hybridized carbons (Fsp3) is 0.0769. The number of hydrogen-bond donors (Lipinski definition) is 0. The van der Waals surface area contributed by atoms with Gasteiger partial charge < -0.3 is 19.4 Å². The minimum absolute atomic E-state index is 0. The molecule has 0 saturated carbocycles. The Kier molecular flexibility index (Phi) is 8.99. The molecule has 0 aliphatic carbocycles. The van der Waals surface area contributed by atoms with Crippen LogP contribution in [0, 0.1) is 39.8 Å². The number of pyridine rings is 1. The van der Waals surface area contributed by atoms with Gasteiger partial charge in [0.1, 0.15) is 0 Å². The summed E-state index contributed by atoms with van der Waals surface area (Å²) in [6, 6.07) is 62.3. The van der Waals surface area contributed by atoms with E-state index in [9.17, 15) is 0 Å². The van der Waals surface area contributed by atoms with E-state index >= 15 is 0 Å². The molecule has 0 bridgehead atoms. The van der Waals surface area contributed by atoms with E-state index in [4.69, 9.17) is 9.97 Å². The number of fused-ring (bicyclic) bond motifs is 5. The molecule has 0 saturated heterocycles. The van der Waals surface area contributed by atoms with Crippen LogP contribution in [0.4, 0.5) is 34.1 Å². The van der Waals surface area contributed by atoms with Gasteiger partial charge in [0.25, 0.3) is 0 Å². The van der Waals surface area contributed by atoms with Crippen LogP contribution in [0.15, 0.2) is 158 Å². The van der Waals surface area contributed by atoms with Gasteiger partial charge in [-0.2, -0.15) is 0 Å². The monoisotopic (exact) mass is 938 g/mol. The third-order valence-corrected chi connectivity index (χ3v) is 11.8. The van der Waals surface area contributed by atoms with Crippen LogP contribution >= 0.6 is 0 Å². The van der Waals surface area contributed by atoms with Gasteiger partial charge in [0.05, 0.1) is 16.9 Å². The molecule has 7 aromatic carbocycles. The molecule has 0 N–H and O–H groups in total. The molecule has 11 rings (SSSR count). The molecule has 0 spiro atoms. The van der Waals surface area contributed by atoms with Crippen LogP contribution in [0.2, 0.25) is 0 Å². The fourth-order valence-corrected chi connectivity index (χ4v) is 9.32. The molecule has 0 amide bonds. The smallest absolute Gasteiger partial charge is 0.353 e. The normalized spacial score (nSPS) is 12.5. The van der Waals surface area contributed by atoms with Crippen molar-refractivity contribution < 1.29 is 21.1 Å². The van der Waals surface area contributed by atoms with Crippen molar-refractivity contribution >= 4 is 68.3 Å². The van der Waals surface area contributed by atoms with Crippen LogP contribution in [0.25, 0.3) is 39.4 Å². The van der Waals surface area contributed by atoms with Gasteiger partial charge >= 0.3 is 21.1 Å². The summed E-state index contributed by atoms with van der Waals surface area (Å²) in [5.41, 5.74) is 20.7. The van der Waals surface area contributed by atoms with Crippen molar-refractivity contribution in [2.75, 3.05) is 9.80 Å². The van der Waals surface area contributed by atoms with Gasteiger partial charge in [-0.25, -0.2) is 0 Å². The average Bonchev–Trinajstić information content (AvgIpc) is 3.63. The first kappa shape index (κ1) is 36.8. The summed E-state index contributed by atoms with van der Waals surface area (Å²) in [4.78, 5) is 15.1. The molecule has 7 heteroatoms. The molecule has 2 aliphatic rings. The van der Waals surface area contributed by atoms with Gasteiger partial charge in [0.15, 0.2) is 0 Å². The first-order chi connectivity index (χ1) is 28.4. The molecule has 59 heavy (non-hydrogen) atoms. The molecule has 0 radical (unpaired) electrons. The zero-order chi connectivity index (χ0) is 39.1. The maximum Gasteiger partial charge on any atom is 2.00 e. The number of para-hydroxylation sites is 5. The second-order valence-corrected chi connectivity index (χ2v) is 15.5. The zero-order valence-electron chi connectivity index (χ0n) is 33.1. The number of hydrogen-bond acceptors (Lipinski definition) is 4. The number of anilines is 6. The summed E-state index contributed by atoms with van der Waals surface area (Å²) in [5.74, 6) is 0.867. The Bertz CT molecular complexity index is 3050. The van der Waals surface area contributed by atoms with Gasteiger partial charge in [-0.15, -0.1) is 58.5 Å². The van der Waals surface area contributed by atoms with E-state index in [1.54, 1.807) is 0 Å². The first-order valence-electron chi connectivity index (χ1n) is 19.9. The van der Waals surface area contributed by atoms with Crippen LogP contribution in [-0.4, -0.2) is 21.2 Å². The van der Waals surface area contributed by atoms with Crippen molar-refractivity contribution in [3.63, 3.8) is 0 Å². The largest absolute Gasteiger partial charge is 2.00 e. The number of aromatic nitrogens is 3. The van der Waals surface area contributed by atoms with Crippen LogP contribution in [0.3, 0.4) is 0 Å². The molecule has 0 fully saturated rings. The number of benzene rings is 7. The third kappa shape index (κ3) is 5.80. The molecule has 284 valence electrons. The summed E-state index contributed by atoms with van der Waals surface area (Å²) in [5, 5.41) is 0. The van der Waals surface area contributed by atoms with Gasteiger partial charge in [0.2, 0.25) is 6.71 Å². The minimum atomic E-state index is -0.181. The topological polar surface area (TPSA) is 37.2 Å². The number of imidazole rings is 1. The minimum Gasteiger partial charge on any atom is -0.353 e. The Balaban J connectivity index is 0.00000420. The Hall–Kier alpha value is -6.49. The molecule has 2 aliphatic heterocycles. The predicted molar refractivity (Wildman–Crippen MR) is 240 cm³/mol. The SMILES string of the molecule is Cc1cnc(-c2[c-]c3c(cc2)N(c2ccccc2)c2cccc4c2B3c2[c-]c(-c3nc5ccccc5n3-c3c(C)cccc3C)ccc2N4c2ccccc2)c(C)c1.[Pt+2]. The Morgan fingerprint density at radius 3 is 1.71 bits per heavy atom. The van der Waals surface area contributed by atoms with Crippen molar-refractivity contribution in [1.82, 2.24) is 14.5 Å². The van der Waals surface area contributed by atoms with Crippen molar-refractivity contribution in [2.24, 2.45) is 0 Å². The van der Waals surface area contributed by atoms with E-state index < -0.39 is 0 Å². The predicted octanol–water partition coefficient (Wildman–Crippen LogP) is 10.7. The van der Waals surface area contributed by atoms with E-state index in [1.165, 1.54) is 16.6 Å². The summed E-state index contributed by atoms with van der Waals surface area (Å²) < 4.78 is 2.33. The fourth-order valence-electron chi connectivity index (χ4n) is 9.32. The van der Waals surface area contributed by atoms with Gasteiger partial charge in [-0.05, 0) is 115 Å². The van der Waals surface area contributed by atoms with E-state index in [1.807, 2.05) is 6.20 Å². The molecule has 0 atom stereocenters. The van der Waals surface area contributed by atoms with Crippen LogP contribution in [0.5, 0.6) is 0 Å². The summed E-state index contributed by atoms with van der Waals surface area (Å²) >= 11 is 0. The van der Waals surface area contributed by atoms with Crippen molar-refractivity contribution in [2.45, 2.75) is 27.7 Å². The maximum atomic E-state index is 5.35. The van der Waals surface area contributed by atoms with E-state index in [0.717, 1.165) is 95.5 Å². The van der Waals surface area contributed by atoms with Crippen LogP contribution in [-0.2, 0) is 21.1 Å². The Morgan fingerprint density at radius 2 is 1.08 bits per heavy atom.